The van der Waals surface area contributed by atoms with Crippen LogP contribution in [0.3, 0.4) is 0 Å². The lowest BCUT2D eigenvalue weighted by atomic mass is 10.1. The van der Waals surface area contributed by atoms with Gasteiger partial charge in [0.15, 0.2) is 4.21 Å². The van der Waals surface area contributed by atoms with E-state index < -0.39 is 10.0 Å². The van der Waals surface area contributed by atoms with E-state index >= 15 is 0 Å². The van der Waals surface area contributed by atoms with E-state index in [2.05, 4.69) is 10.3 Å². The highest BCUT2D eigenvalue weighted by Gasteiger charge is 2.32. The Morgan fingerprint density at radius 1 is 1.50 bits per heavy atom. The first-order chi connectivity index (χ1) is 8.45. The highest BCUT2D eigenvalue weighted by Crippen LogP contribution is 2.24. The molecule has 1 saturated heterocycles. The monoisotopic (exact) mass is 291 g/mol. The summed E-state index contributed by atoms with van der Waals surface area (Å²) in [6, 6.07) is 0.185. The molecule has 1 atom stereocenters. The van der Waals surface area contributed by atoms with Gasteiger partial charge in [-0.25, -0.2) is 8.42 Å². The first kappa shape index (κ1) is 13.7. The molecule has 0 aromatic carbocycles. The summed E-state index contributed by atoms with van der Waals surface area (Å²) in [4.78, 5) is 13.4. The average Bonchev–Trinajstić information content (AvgIpc) is 2.69. The second-order valence-corrected chi connectivity index (χ2v) is 7.53. The van der Waals surface area contributed by atoms with Gasteiger partial charge >= 0.3 is 4.87 Å². The van der Waals surface area contributed by atoms with Gasteiger partial charge in [0.25, 0.3) is 10.0 Å². The fourth-order valence-corrected chi connectivity index (χ4v) is 5.11. The van der Waals surface area contributed by atoms with Gasteiger partial charge in [0.2, 0.25) is 0 Å². The topological polar surface area (TPSA) is 82.3 Å². The Balaban J connectivity index is 2.31. The number of rotatable bonds is 3. The number of aryl methyl sites for hydroxylation is 1. The molecule has 0 spiro atoms. The van der Waals surface area contributed by atoms with Crippen molar-refractivity contribution >= 4 is 21.4 Å². The van der Waals surface area contributed by atoms with Crippen LogP contribution < -0.4 is 10.2 Å². The Kier molecular flexibility index (Phi) is 3.90. The van der Waals surface area contributed by atoms with Gasteiger partial charge in [-0.15, -0.1) is 0 Å². The molecular weight excluding hydrogens is 274 g/mol. The lowest BCUT2D eigenvalue weighted by Crippen LogP contribution is -2.46. The van der Waals surface area contributed by atoms with Crippen LogP contribution in [0.1, 0.15) is 18.5 Å². The van der Waals surface area contributed by atoms with Gasteiger partial charge in [-0.1, -0.05) is 11.3 Å². The summed E-state index contributed by atoms with van der Waals surface area (Å²) in [5, 5.41) is 3.11. The molecule has 8 heteroatoms. The van der Waals surface area contributed by atoms with Crippen molar-refractivity contribution in [2.75, 3.05) is 20.1 Å². The first-order valence-corrected chi connectivity index (χ1v) is 8.08. The standard InChI is InChI=1S/C10H17N3O3S2/c1-7-9(17-10(14)12-7)18(15,16)13-5-3-4-8(6-13)11-2/h8,11H,3-6H2,1-2H3,(H,12,14). The van der Waals surface area contributed by atoms with E-state index in [4.69, 9.17) is 0 Å². The van der Waals surface area contributed by atoms with Gasteiger partial charge in [0.05, 0.1) is 0 Å². The van der Waals surface area contributed by atoms with Crippen molar-refractivity contribution in [3.8, 4) is 0 Å². The smallest absolute Gasteiger partial charge is 0.305 e. The lowest BCUT2D eigenvalue weighted by molar-refractivity contribution is 0.293. The lowest BCUT2D eigenvalue weighted by Gasteiger charge is -2.31. The summed E-state index contributed by atoms with van der Waals surface area (Å²) < 4.78 is 26.5. The molecule has 0 bridgehead atoms. The van der Waals surface area contributed by atoms with Crippen molar-refractivity contribution in [3.63, 3.8) is 0 Å². The third-order valence-corrected chi connectivity index (χ3v) is 6.59. The van der Waals surface area contributed by atoms with Crippen LogP contribution in [-0.2, 0) is 10.0 Å². The number of thiazole rings is 1. The summed E-state index contributed by atoms with van der Waals surface area (Å²) >= 11 is 0.763. The summed E-state index contributed by atoms with van der Waals surface area (Å²) in [5.41, 5.74) is 0.427. The highest BCUT2D eigenvalue weighted by molar-refractivity contribution is 7.91. The number of hydrogen-bond acceptors (Lipinski definition) is 5. The van der Waals surface area contributed by atoms with Crippen LogP contribution in [0.2, 0.25) is 0 Å². The maximum Gasteiger partial charge on any atom is 0.305 e. The molecule has 1 fully saturated rings. The van der Waals surface area contributed by atoms with Crippen LogP contribution in [0.5, 0.6) is 0 Å². The fraction of sp³-hybridized carbons (Fsp3) is 0.700. The van der Waals surface area contributed by atoms with Crippen molar-refractivity contribution in [1.29, 1.82) is 0 Å². The van der Waals surface area contributed by atoms with Crippen LogP contribution in [0.25, 0.3) is 0 Å². The van der Waals surface area contributed by atoms with Gasteiger partial charge in [-0.2, -0.15) is 4.31 Å². The van der Waals surface area contributed by atoms with E-state index in [0.717, 1.165) is 24.2 Å². The molecule has 6 nitrogen and oxygen atoms in total. The molecule has 1 aromatic rings. The van der Waals surface area contributed by atoms with Crippen LogP contribution in [0.4, 0.5) is 0 Å². The van der Waals surface area contributed by atoms with Crippen molar-refractivity contribution in [2.45, 2.75) is 30.0 Å². The minimum absolute atomic E-state index is 0.143. The summed E-state index contributed by atoms with van der Waals surface area (Å²) in [5.74, 6) is 0. The average molecular weight is 291 g/mol. The quantitative estimate of drug-likeness (QED) is 0.828. The molecule has 102 valence electrons. The van der Waals surface area contributed by atoms with Gasteiger partial charge in [-0.05, 0) is 26.8 Å². The van der Waals surface area contributed by atoms with Gasteiger partial charge in [0, 0.05) is 24.8 Å². The number of nitrogens with zero attached hydrogens (tertiary/aromatic N) is 1. The van der Waals surface area contributed by atoms with Gasteiger partial charge < -0.3 is 10.3 Å². The predicted molar refractivity (Wildman–Crippen MR) is 70.5 cm³/mol. The Hall–Kier alpha value is -0.700. The Morgan fingerprint density at radius 2 is 2.22 bits per heavy atom. The van der Waals surface area contributed by atoms with Crippen LogP contribution in [0.15, 0.2) is 9.00 Å². The number of nitrogens with one attached hydrogen (secondary N) is 2. The van der Waals surface area contributed by atoms with E-state index in [1.165, 1.54) is 4.31 Å². The third kappa shape index (κ3) is 2.51. The number of hydrogen-bond donors (Lipinski definition) is 2. The van der Waals surface area contributed by atoms with E-state index in [-0.39, 0.29) is 15.1 Å². The summed E-state index contributed by atoms with van der Waals surface area (Å²) in [6.07, 6.45) is 1.81. The third-order valence-electron chi connectivity index (χ3n) is 3.15. The molecule has 2 rings (SSSR count). The maximum absolute atomic E-state index is 12.4. The fourth-order valence-electron chi connectivity index (χ4n) is 2.15. The SMILES string of the molecule is CNC1CCCN(S(=O)(=O)c2sc(=O)[nH]c2C)C1. The molecule has 2 heterocycles. The number of aromatic amines is 1. The number of aromatic nitrogens is 1. The molecule has 2 N–H and O–H groups in total. The van der Waals surface area contributed by atoms with Crippen molar-refractivity contribution < 1.29 is 8.42 Å². The Labute approximate surface area is 110 Å². The van der Waals surface area contributed by atoms with Gasteiger partial charge in [-0.3, -0.25) is 4.79 Å². The van der Waals surface area contributed by atoms with E-state index in [1.54, 1.807) is 6.92 Å². The molecule has 1 aliphatic heterocycles. The molecule has 18 heavy (non-hydrogen) atoms. The molecule has 1 aromatic heterocycles. The number of sulfonamides is 1. The highest BCUT2D eigenvalue weighted by atomic mass is 32.2. The number of likely N-dealkylation sites (N-methyl/N-ethyl adjacent to an activating group) is 1. The molecule has 0 saturated carbocycles. The largest absolute Gasteiger partial charge is 0.316 e. The second-order valence-electron chi connectivity index (χ2n) is 4.42. The molecule has 1 aliphatic rings. The molecule has 1 unspecified atom stereocenters. The van der Waals surface area contributed by atoms with Crippen molar-refractivity contribution in [1.82, 2.24) is 14.6 Å². The van der Waals surface area contributed by atoms with Gasteiger partial charge in [0.1, 0.15) is 0 Å². The Morgan fingerprint density at radius 3 is 2.78 bits per heavy atom. The van der Waals surface area contributed by atoms with E-state index in [9.17, 15) is 13.2 Å². The Bertz CT molecular complexity index is 575. The summed E-state index contributed by atoms with van der Waals surface area (Å²) in [6.45, 7) is 2.60. The molecular formula is C10H17N3O3S2. The first-order valence-electron chi connectivity index (χ1n) is 5.82. The van der Waals surface area contributed by atoms with Crippen LogP contribution in [0, 0.1) is 6.92 Å². The zero-order chi connectivity index (χ0) is 13.3. The number of H-pyrrole nitrogens is 1. The van der Waals surface area contributed by atoms with Crippen molar-refractivity contribution in [3.05, 3.63) is 15.4 Å². The summed E-state index contributed by atoms with van der Waals surface area (Å²) in [7, 11) is -1.70. The van der Waals surface area contributed by atoms with E-state index in [1.807, 2.05) is 7.05 Å². The predicted octanol–water partition coefficient (Wildman–Crippen LogP) is 0.117. The second kappa shape index (κ2) is 5.12. The van der Waals surface area contributed by atoms with Crippen LogP contribution in [-0.4, -0.2) is 43.9 Å². The number of piperidine rings is 1. The minimum Gasteiger partial charge on any atom is -0.316 e. The van der Waals surface area contributed by atoms with E-state index in [0.29, 0.717) is 18.8 Å². The maximum atomic E-state index is 12.4. The molecule has 0 amide bonds. The minimum atomic E-state index is -3.53. The van der Waals surface area contributed by atoms with Crippen LogP contribution >= 0.6 is 11.3 Å². The normalized spacial score (nSPS) is 22.2. The molecule has 0 aliphatic carbocycles. The zero-order valence-corrected chi connectivity index (χ0v) is 12.0. The molecule has 0 radical (unpaired) electrons. The zero-order valence-electron chi connectivity index (χ0n) is 10.4. The van der Waals surface area contributed by atoms with Crippen molar-refractivity contribution in [2.24, 2.45) is 0 Å².